The number of fused-ring (bicyclic) bond motifs is 1. The third-order valence-electron chi connectivity index (χ3n) is 3.30. The van der Waals surface area contributed by atoms with Crippen LogP contribution >= 0.6 is 0 Å². The van der Waals surface area contributed by atoms with Crippen LogP contribution in [0.2, 0.25) is 0 Å². The first kappa shape index (κ1) is 12.2. The number of hydrogen-bond donors (Lipinski definition) is 0. The maximum atomic E-state index is 9.02. The fourth-order valence-electron chi connectivity index (χ4n) is 2.35. The normalized spacial score (nSPS) is 10.2. The van der Waals surface area contributed by atoms with Crippen LogP contribution in [0.25, 0.3) is 21.9 Å². The van der Waals surface area contributed by atoms with Crippen molar-refractivity contribution in [1.82, 2.24) is 4.98 Å². The first-order valence-electron chi connectivity index (χ1n) is 6.25. The van der Waals surface area contributed by atoms with Crippen molar-refractivity contribution in [2.24, 2.45) is 0 Å². The van der Waals surface area contributed by atoms with Crippen LogP contribution in [-0.4, -0.2) is 12.1 Å². The van der Waals surface area contributed by atoms with Gasteiger partial charge in [-0.25, -0.2) is 0 Å². The monoisotopic (exact) mass is 260 g/mol. The van der Waals surface area contributed by atoms with Crippen LogP contribution in [0.15, 0.2) is 54.9 Å². The average molecular weight is 260 g/mol. The first-order valence-corrected chi connectivity index (χ1v) is 6.25. The van der Waals surface area contributed by atoms with Gasteiger partial charge in [0.2, 0.25) is 0 Å². The number of hydrogen-bond acceptors (Lipinski definition) is 3. The number of pyridine rings is 1. The van der Waals surface area contributed by atoms with E-state index in [-0.39, 0.29) is 0 Å². The SMILES string of the molecule is COc1ccc(-c2cccc(C#N)c2)c2ccncc12. The molecule has 0 bridgehead atoms. The van der Waals surface area contributed by atoms with Crippen molar-refractivity contribution in [3.05, 3.63) is 60.4 Å². The van der Waals surface area contributed by atoms with Gasteiger partial charge in [0.15, 0.2) is 0 Å². The van der Waals surface area contributed by atoms with Crippen molar-refractivity contribution >= 4 is 10.8 Å². The molecule has 0 aliphatic carbocycles. The Morgan fingerprint density at radius 1 is 1.10 bits per heavy atom. The minimum absolute atomic E-state index is 0.653. The molecule has 0 amide bonds. The quantitative estimate of drug-likeness (QED) is 0.704. The van der Waals surface area contributed by atoms with Crippen molar-refractivity contribution in [3.8, 4) is 22.9 Å². The summed E-state index contributed by atoms with van der Waals surface area (Å²) >= 11 is 0. The van der Waals surface area contributed by atoms with Gasteiger partial charge in [0.05, 0.1) is 18.7 Å². The second kappa shape index (κ2) is 5.02. The molecular formula is C17H12N2O. The predicted octanol–water partition coefficient (Wildman–Crippen LogP) is 3.78. The lowest BCUT2D eigenvalue weighted by Gasteiger charge is -2.10. The van der Waals surface area contributed by atoms with Crippen molar-refractivity contribution in [2.45, 2.75) is 0 Å². The summed E-state index contributed by atoms with van der Waals surface area (Å²) < 4.78 is 5.37. The van der Waals surface area contributed by atoms with Crippen LogP contribution in [0.1, 0.15) is 5.56 Å². The zero-order chi connectivity index (χ0) is 13.9. The van der Waals surface area contributed by atoms with Crippen LogP contribution in [0.5, 0.6) is 5.75 Å². The predicted molar refractivity (Wildman–Crippen MR) is 78.4 cm³/mol. The molecule has 3 rings (SSSR count). The van der Waals surface area contributed by atoms with Gasteiger partial charge < -0.3 is 4.74 Å². The summed E-state index contributed by atoms with van der Waals surface area (Å²) in [5.74, 6) is 0.799. The molecule has 3 aromatic rings. The fraction of sp³-hybridized carbons (Fsp3) is 0.0588. The molecule has 1 heterocycles. The molecule has 0 radical (unpaired) electrons. The van der Waals surface area contributed by atoms with E-state index in [0.717, 1.165) is 27.6 Å². The topological polar surface area (TPSA) is 45.9 Å². The largest absolute Gasteiger partial charge is 0.496 e. The van der Waals surface area contributed by atoms with Crippen LogP contribution in [0, 0.1) is 11.3 Å². The van der Waals surface area contributed by atoms with E-state index in [0.29, 0.717) is 5.56 Å². The van der Waals surface area contributed by atoms with E-state index in [4.69, 9.17) is 10.00 Å². The summed E-state index contributed by atoms with van der Waals surface area (Å²) in [5, 5.41) is 11.1. The maximum Gasteiger partial charge on any atom is 0.128 e. The van der Waals surface area contributed by atoms with Gasteiger partial charge in [-0.1, -0.05) is 18.2 Å². The number of benzene rings is 2. The highest BCUT2D eigenvalue weighted by Gasteiger charge is 2.08. The Morgan fingerprint density at radius 3 is 2.80 bits per heavy atom. The summed E-state index contributed by atoms with van der Waals surface area (Å²) in [6.07, 6.45) is 3.56. The third-order valence-corrected chi connectivity index (χ3v) is 3.30. The molecule has 0 spiro atoms. The van der Waals surface area contributed by atoms with Crippen LogP contribution in [0.4, 0.5) is 0 Å². The van der Waals surface area contributed by atoms with E-state index in [1.54, 1.807) is 25.6 Å². The lowest BCUT2D eigenvalue weighted by molar-refractivity contribution is 0.420. The summed E-state index contributed by atoms with van der Waals surface area (Å²) in [6.45, 7) is 0. The van der Waals surface area contributed by atoms with Crippen LogP contribution < -0.4 is 4.74 Å². The fourth-order valence-corrected chi connectivity index (χ4v) is 2.35. The van der Waals surface area contributed by atoms with Crippen molar-refractivity contribution in [1.29, 1.82) is 5.26 Å². The third kappa shape index (κ3) is 1.98. The number of ether oxygens (including phenoxy) is 1. The zero-order valence-electron chi connectivity index (χ0n) is 11.0. The van der Waals surface area contributed by atoms with Gasteiger partial charge in [-0.15, -0.1) is 0 Å². The molecule has 96 valence electrons. The molecule has 0 N–H and O–H groups in total. The smallest absolute Gasteiger partial charge is 0.128 e. The molecule has 20 heavy (non-hydrogen) atoms. The standard InChI is InChI=1S/C17H12N2O/c1-20-17-6-5-14(15-7-8-19-11-16(15)17)13-4-2-3-12(9-13)10-18/h2-9,11H,1H3. The molecule has 0 saturated heterocycles. The highest BCUT2D eigenvalue weighted by molar-refractivity contribution is 5.99. The average Bonchev–Trinajstić information content (AvgIpc) is 2.54. The van der Waals surface area contributed by atoms with Crippen molar-refractivity contribution in [3.63, 3.8) is 0 Å². The lowest BCUT2D eigenvalue weighted by atomic mass is 9.98. The highest BCUT2D eigenvalue weighted by atomic mass is 16.5. The van der Waals surface area contributed by atoms with Gasteiger partial charge in [-0.2, -0.15) is 5.26 Å². The van der Waals surface area contributed by atoms with E-state index in [1.165, 1.54) is 0 Å². The highest BCUT2D eigenvalue weighted by Crippen LogP contribution is 2.33. The van der Waals surface area contributed by atoms with Gasteiger partial charge >= 0.3 is 0 Å². The molecule has 0 atom stereocenters. The second-order valence-corrected chi connectivity index (χ2v) is 4.43. The Hall–Kier alpha value is -2.86. The van der Waals surface area contributed by atoms with Gasteiger partial charge in [0.25, 0.3) is 0 Å². The van der Waals surface area contributed by atoms with Gasteiger partial charge in [-0.3, -0.25) is 4.98 Å². The Bertz CT molecular complexity index is 819. The molecule has 0 unspecified atom stereocenters. The van der Waals surface area contributed by atoms with E-state index >= 15 is 0 Å². The van der Waals surface area contributed by atoms with Crippen LogP contribution in [-0.2, 0) is 0 Å². The molecule has 3 heteroatoms. The molecule has 0 fully saturated rings. The second-order valence-electron chi connectivity index (χ2n) is 4.43. The molecule has 2 aromatic carbocycles. The molecule has 3 nitrogen and oxygen atoms in total. The minimum atomic E-state index is 0.653. The van der Waals surface area contributed by atoms with Crippen LogP contribution in [0.3, 0.4) is 0 Å². The summed E-state index contributed by atoms with van der Waals surface area (Å²) in [5.41, 5.74) is 2.74. The Labute approximate surface area is 117 Å². The Balaban J connectivity index is 2.29. The van der Waals surface area contributed by atoms with E-state index in [1.807, 2.05) is 36.4 Å². The molecule has 0 saturated carbocycles. The van der Waals surface area contributed by atoms with E-state index in [2.05, 4.69) is 11.1 Å². The minimum Gasteiger partial charge on any atom is -0.496 e. The zero-order valence-corrected chi connectivity index (χ0v) is 11.0. The van der Waals surface area contributed by atoms with Gasteiger partial charge in [0, 0.05) is 17.8 Å². The number of nitrogens with zero attached hydrogens (tertiary/aromatic N) is 2. The molecule has 1 aromatic heterocycles. The maximum absolute atomic E-state index is 9.02. The van der Waals surface area contributed by atoms with E-state index in [9.17, 15) is 0 Å². The number of rotatable bonds is 2. The Morgan fingerprint density at radius 2 is 2.00 bits per heavy atom. The van der Waals surface area contributed by atoms with Crippen molar-refractivity contribution < 1.29 is 4.74 Å². The van der Waals surface area contributed by atoms with E-state index < -0.39 is 0 Å². The molecular weight excluding hydrogens is 248 g/mol. The first-order chi connectivity index (χ1) is 9.83. The van der Waals surface area contributed by atoms with Gasteiger partial charge in [-0.05, 0) is 40.8 Å². The summed E-state index contributed by atoms with van der Waals surface area (Å²) in [6, 6.07) is 15.7. The lowest BCUT2D eigenvalue weighted by Crippen LogP contribution is -1.89. The number of nitriles is 1. The Kier molecular flexibility index (Phi) is 3.06. The number of methoxy groups -OCH3 is 1. The summed E-state index contributed by atoms with van der Waals surface area (Å²) in [7, 11) is 1.65. The van der Waals surface area contributed by atoms with Gasteiger partial charge in [0.1, 0.15) is 5.75 Å². The van der Waals surface area contributed by atoms with Crippen molar-refractivity contribution in [2.75, 3.05) is 7.11 Å². The number of aromatic nitrogens is 1. The summed E-state index contributed by atoms with van der Waals surface area (Å²) in [4.78, 5) is 4.16. The molecule has 0 aliphatic heterocycles. The molecule has 0 aliphatic rings.